The highest BCUT2D eigenvalue weighted by atomic mass is 16.6. The van der Waals surface area contributed by atoms with Crippen molar-refractivity contribution in [2.75, 3.05) is 99.3 Å². The quantitative estimate of drug-likeness (QED) is 0.0313. The molecular formula is C71H85N7O16. The molecule has 23 heteroatoms. The minimum absolute atomic E-state index is 0.0684. The zero-order valence-corrected chi connectivity index (χ0v) is 54.4. The zero-order chi connectivity index (χ0) is 66.5. The summed E-state index contributed by atoms with van der Waals surface area (Å²) in [5.74, 6) is -0.300. The number of methoxy groups -OCH3 is 3. The van der Waals surface area contributed by atoms with Crippen LogP contribution in [0.2, 0.25) is 0 Å². The van der Waals surface area contributed by atoms with Crippen molar-refractivity contribution in [1.82, 2.24) is 20.0 Å². The molecule has 2 N–H and O–H groups in total. The predicted molar refractivity (Wildman–Crippen MR) is 353 cm³/mol. The van der Waals surface area contributed by atoms with Gasteiger partial charge < -0.3 is 63.1 Å². The molecule has 4 atom stereocenters. The number of anilines is 1. The highest BCUT2D eigenvalue weighted by Crippen LogP contribution is 2.42. The molecule has 0 bridgehead atoms. The number of rotatable bonds is 38. The molecule has 0 saturated heterocycles. The van der Waals surface area contributed by atoms with E-state index in [-0.39, 0.29) is 72.1 Å². The zero-order valence-electron chi connectivity index (χ0n) is 54.4. The topological polar surface area (TPSA) is 261 Å². The summed E-state index contributed by atoms with van der Waals surface area (Å²) in [6.45, 7) is 10.3. The van der Waals surface area contributed by atoms with Gasteiger partial charge in [0.2, 0.25) is 11.8 Å². The number of fused-ring (bicyclic) bond motifs is 4. The molecule has 0 fully saturated rings. The number of carbonyl (C=O) groups is 7. The monoisotopic (exact) mass is 1290 g/mol. The summed E-state index contributed by atoms with van der Waals surface area (Å²) in [5.41, 5.74) is 6.08. The third-order valence-electron chi connectivity index (χ3n) is 16.6. The van der Waals surface area contributed by atoms with Gasteiger partial charge in [0.05, 0.1) is 114 Å². The molecule has 23 nitrogen and oxygen atoms in total. The number of ketones is 1. The van der Waals surface area contributed by atoms with E-state index in [1.54, 1.807) is 73.6 Å². The molecule has 4 aromatic carbocycles. The van der Waals surface area contributed by atoms with Crippen LogP contribution >= 0.6 is 0 Å². The highest BCUT2D eigenvalue weighted by molar-refractivity contribution is 6.13. The largest absolute Gasteiger partial charge is 0.493 e. The van der Waals surface area contributed by atoms with Crippen molar-refractivity contribution in [3.05, 3.63) is 120 Å². The minimum Gasteiger partial charge on any atom is -0.493 e. The van der Waals surface area contributed by atoms with Crippen molar-refractivity contribution in [2.45, 2.75) is 103 Å². The first-order chi connectivity index (χ1) is 45.6. The first-order valence-corrected chi connectivity index (χ1v) is 32.2. The summed E-state index contributed by atoms with van der Waals surface area (Å²) in [5, 5.41) is 5.75. The van der Waals surface area contributed by atoms with Crippen LogP contribution in [0.4, 0.5) is 17.1 Å². The Kier molecular flexibility index (Phi) is 25.2. The summed E-state index contributed by atoms with van der Waals surface area (Å²) in [6.07, 6.45) is 14.9. The molecule has 0 unspecified atom stereocenters. The molecule has 5 aliphatic rings. The fourth-order valence-electron chi connectivity index (χ4n) is 11.4. The van der Waals surface area contributed by atoms with E-state index in [1.165, 1.54) is 24.2 Å². The van der Waals surface area contributed by atoms with Gasteiger partial charge in [0.1, 0.15) is 12.4 Å². The van der Waals surface area contributed by atoms with Crippen LogP contribution in [0.1, 0.15) is 117 Å². The number of nitrogens with zero attached hydrogens (tertiary/aromatic N) is 5. The molecule has 6 amide bonds. The van der Waals surface area contributed by atoms with E-state index < -0.39 is 12.0 Å². The van der Waals surface area contributed by atoms with E-state index in [0.717, 1.165) is 34.4 Å². The lowest BCUT2D eigenvalue weighted by Crippen LogP contribution is -2.45. The van der Waals surface area contributed by atoms with Crippen molar-refractivity contribution < 1.29 is 76.2 Å². The number of carbonyl (C=O) groups excluding carboxylic acids is 7. The van der Waals surface area contributed by atoms with Gasteiger partial charge in [-0.2, -0.15) is 0 Å². The Labute approximate surface area is 548 Å². The average molecular weight is 1290 g/mol. The lowest BCUT2D eigenvalue weighted by Gasteiger charge is -2.23. The van der Waals surface area contributed by atoms with Crippen LogP contribution in [0.3, 0.4) is 0 Å². The molecule has 5 heterocycles. The number of aliphatic imine (C=N–C) groups is 2. The molecule has 5 aliphatic heterocycles. The average Bonchev–Trinajstić information content (AvgIpc) is 1.62. The van der Waals surface area contributed by atoms with Gasteiger partial charge in [-0.25, -0.2) is 0 Å². The van der Waals surface area contributed by atoms with Crippen molar-refractivity contribution in [1.29, 1.82) is 0 Å². The van der Waals surface area contributed by atoms with Crippen LogP contribution in [0.15, 0.2) is 107 Å². The molecule has 4 aromatic rings. The number of imide groups is 1. The number of Topliss-reactive ketones (excluding diaryl/α,β-unsaturated/α-hetero) is 1. The molecule has 0 aliphatic carbocycles. The standard InChI is InChI=1S/C71H85N7O16/c1-46(2)68(75-65(80)13-9-7-10-24-76-66(81)22-23-67(76)82)60(79)35-47(3)69(83)74-52-18-14-48(15-19-52)50-36-53-42-72-58-40-63(61(87-5)38-56(58)70(84)77(53)44-50)93-25-11-8-12-26-94-64-41-59-57(39-62(64)88-6)71(85)78-45-51(37-54(78)43-73-59)49-16-20-55(21-17-49)92-34-33-91-32-31-90-30-29-89-28-27-86-4/h14-23,38-47,53-54,68H,7-13,24-37H2,1-6H3,(H,74,83)(H,75,80)/t47-,53-,54-,68+/m1/s1. The van der Waals surface area contributed by atoms with Crippen LogP contribution in [0, 0.1) is 11.8 Å². The number of ether oxygens (including phenoxy) is 9. The van der Waals surface area contributed by atoms with Crippen LogP contribution in [-0.4, -0.2) is 180 Å². The van der Waals surface area contributed by atoms with Crippen molar-refractivity contribution >= 4 is 81.9 Å². The van der Waals surface area contributed by atoms with Crippen LogP contribution < -0.4 is 34.3 Å². The molecule has 9 rings (SSSR count). The summed E-state index contributed by atoms with van der Waals surface area (Å²) in [4.78, 5) is 105. The van der Waals surface area contributed by atoms with Gasteiger partial charge in [-0.05, 0) is 96.7 Å². The maximum Gasteiger partial charge on any atom is 0.260 e. The smallest absolute Gasteiger partial charge is 0.260 e. The second-order valence-corrected chi connectivity index (χ2v) is 23.7. The third-order valence-corrected chi connectivity index (χ3v) is 16.6. The van der Waals surface area contributed by atoms with Crippen LogP contribution in [-0.2, 0) is 42.9 Å². The number of hydrogen-bond acceptors (Lipinski definition) is 18. The molecule has 0 spiro atoms. The fraction of sp³-hybridized carbons (Fsp3) is 0.451. The van der Waals surface area contributed by atoms with E-state index in [2.05, 4.69) is 10.6 Å². The Hall–Kier alpha value is -9.03. The van der Waals surface area contributed by atoms with Gasteiger partial charge in [-0.3, -0.25) is 48.4 Å². The lowest BCUT2D eigenvalue weighted by molar-refractivity contribution is -0.137. The third kappa shape index (κ3) is 18.4. The number of nitrogens with one attached hydrogen (secondary N) is 2. The Morgan fingerprint density at radius 1 is 0.564 bits per heavy atom. The van der Waals surface area contributed by atoms with E-state index in [0.29, 0.717) is 169 Å². The second kappa shape index (κ2) is 34.2. The maximum absolute atomic E-state index is 14.2. The molecule has 94 heavy (non-hydrogen) atoms. The second-order valence-electron chi connectivity index (χ2n) is 23.7. The number of amides is 6. The summed E-state index contributed by atoms with van der Waals surface area (Å²) < 4.78 is 51.2. The van der Waals surface area contributed by atoms with Gasteiger partial charge in [0.15, 0.2) is 28.8 Å². The normalized spacial score (nSPS) is 16.8. The lowest BCUT2D eigenvalue weighted by atomic mass is 9.92. The van der Waals surface area contributed by atoms with Gasteiger partial charge in [-0.1, -0.05) is 51.5 Å². The van der Waals surface area contributed by atoms with Crippen molar-refractivity contribution in [3.63, 3.8) is 0 Å². The number of benzene rings is 4. The van der Waals surface area contributed by atoms with Crippen LogP contribution in [0.5, 0.6) is 28.7 Å². The summed E-state index contributed by atoms with van der Waals surface area (Å²) in [6, 6.07) is 20.6. The summed E-state index contributed by atoms with van der Waals surface area (Å²) >= 11 is 0. The first-order valence-electron chi connectivity index (χ1n) is 32.2. The van der Waals surface area contributed by atoms with E-state index >= 15 is 0 Å². The maximum atomic E-state index is 14.2. The van der Waals surface area contributed by atoms with E-state index in [4.69, 9.17) is 52.6 Å². The Bertz CT molecular complexity index is 3490. The molecular weight excluding hydrogens is 1210 g/mol. The Balaban J connectivity index is 0.682. The van der Waals surface area contributed by atoms with Gasteiger partial charge in [-0.15, -0.1) is 0 Å². The van der Waals surface area contributed by atoms with Crippen LogP contribution in [0.25, 0.3) is 11.1 Å². The minimum atomic E-state index is -0.761. The molecule has 0 saturated carbocycles. The highest BCUT2D eigenvalue weighted by Gasteiger charge is 2.36. The van der Waals surface area contributed by atoms with Gasteiger partial charge in [0.25, 0.3) is 23.6 Å². The predicted octanol–water partition coefficient (Wildman–Crippen LogP) is 9.51. The SMILES string of the molecule is COCCOCCOCCOCCOc1ccc(C2=CN3C(=O)c4cc(OC)c(OCCCCCOc5cc6c(cc5OC)C(=O)N5C=C(c7ccc(NC(=O)[C@H](C)CC(=O)[C@@H](NC(=O)CCCCCN8C(=O)C=CC8=O)C(C)C)cc7)C[C@@H]5C=N6)cc4N=C[C@H]3C2)cc1. The van der Waals surface area contributed by atoms with Crippen molar-refractivity contribution in [3.8, 4) is 28.7 Å². The molecule has 0 radical (unpaired) electrons. The number of unbranched alkanes of at least 4 members (excludes halogenated alkanes) is 4. The van der Waals surface area contributed by atoms with E-state index in [1.807, 2.05) is 68.9 Å². The summed E-state index contributed by atoms with van der Waals surface area (Å²) in [7, 11) is 4.71. The van der Waals surface area contributed by atoms with Gasteiger partial charge in [0, 0.05) is 100 Å². The Morgan fingerprint density at radius 2 is 1.06 bits per heavy atom. The van der Waals surface area contributed by atoms with Crippen molar-refractivity contribution in [2.24, 2.45) is 21.8 Å². The van der Waals surface area contributed by atoms with Gasteiger partial charge >= 0.3 is 0 Å². The molecule has 500 valence electrons. The number of hydrogen-bond donors (Lipinski definition) is 2. The first kappa shape index (κ1) is 69.3. The Morgan fingerprint density at radius 3 is 1.57 bits per heavy atom. The van der Waals surface area contributed by atoms with E-state index in [9.17, 15) is 33.6 Å². The fourth-order valence-corrected chi connectivity index (χ4v) is 11.4. The molecule has 0 aromatic heterocycles.